The molecule has 0 bridgehead atoms. The van der Waals surface area contributed by atoms with Crippen LogP contribution < -0.4 is 0 Å². The van der Waals surface area contributed by atoms with Crippen molar-refractivity contribution in [3.63, 3.8) is 0 Å². The first-order valence-electron chi connectivity index (χ1n) is 6.03. The fraction of sp³-hybridized carbons (Fsp3) is 0.538. The number of nitrogens with zero attached hydrogens (tertiary/aromatic N) is 1. The van der Waals surface area contributed by atoms with Crippen molar-refractivity contribution >= 4 is 40.9 Å². The van der Waals surface area contributed by atoms with Gasteiger partial charge in [-0.1, -0.05) is 23.2 Å². The maximum Gasteiger partial charge on any atom is 0.303 e. The fourth-order valence-corrected chi connectivity index (χ4v) is 4.24. The summed E-state index contributed by atoms with van der Waals surface area (Å²) in [6, 6.07) is 1.80. The molecule has 0 saturated heterocycles. The van der Waals surface area contributed by atoms with E-state index in [1.54, 1.807) is 17.8 Å². The highest BCUT2D eigenvalue weighted by molar-refractivity contribution is 7.98. The molecule has 1 aliphatic rings. The van der Waals surface area contributed by atoms with Crippen molar-refractivity contribution in [3.8, 4) is 0 Å². The number of aryl methyl sites for hydroxylation is 1. The molecular formula is C13H15Cl2NO2S. The van der Waals surface area contributed by atoms with E-state index in [2.05, 4.69) is 4.98 Å². The molecule has 1 heterocycles. The van der Waals surface area contributed by atoms with E-state index < -0.39 is 5.97 Å². The van der Waals surface area contributed by atoms with Crippen LogP contribution in [0.4, 0.5) is 0 Å². The summed E-state index contributed by atoms with van der Waals surface area (Å²) in [5.41, 5.74) is 1.63. The van der Waals surface area contributed by atoms with E-state index >= 15 is 0 Å². The Kier molecular flexibility index (Phi) is 4.64. The molecule has 0 radical (unpaired) electrons. The predicted octanol–water partition coefficient (Wildman–Crippen LogP) is 4.18. The van der Waals surface area contributed by atoms with Crippen LogP contribution in [0.3, 0.4) is 0 Å². The number of hydrogen-bond donors (Lipinski definition) is 1. The van der Waals surface area contributed by atoms with Crippen molar-refractivity contribution in [3.05, 3.63) is 27.5 Å². The molecule has 6 heteroatoms. The van der Waals surface area contributed by atoms with Gasteiger partial charge in [0.2, 0.25) is 0 Å². The Labute approximate surface area is 126 Å². The standard InChI is InChI=1S/C13H15Cl2NO2S/c1-8-4-10(14)9(12(15)16-8)6-19-7-13(2-3-13)5-11(17)18/h4H,2-3,5-7H2,1H3,(H,17,18). The monoisotopic (exact) mass is 319 g/mol. The second-order valence-electron chi connectivity index (χ2n) is 5.08. The van der Waals surface area contributed by atoms with Crippen LogP contribution in [0.1, 0.15) is 30.5 Å². The molecule has 104 valence electrons. The fourth-order valence-electron chi connectivity index (χ4n) is 1.99. The largest absolute Gasteiger partial charge is 0.481 e. The first-order valence-corrected chi connectivity index (χ1v) is 7.94. The molecule has 1 saturated carbocycles. The highest BCUT2D eigenvalue weighted by Gasteiger charge is 2.44. The van der Waals surface area contributed by atoms with E-state index in [0.29, 0.717) is 15.9 Å². The third-order valence-corrected chi connectivity index (χ3v) is 5.24. The number of thioether (sulfide) groups is 1. The van der Waals surface area contributed by atoms with Crippen LogP contribution in [0, 0.1) is 12.3 Å². The van der Waals surface area contributed by atoms with E-state index in [9.17, 15) is 4.79 Å². The molecule has 0 amide bonds. The van der Waals surface area contributed by atoms with Crippen LogP contribution in [-0.2, 0) is 10.5 Å². The first-order chi connectivity index (χ1) is 8.92. The lowest BCUT2D eigenvalue weighted by atomic mass is 10.1. The van der Waals surface area contributed by atoms with Crippen molar-refractivity contribution in [2.75, 3.05) is 5.75 Å². The smallest absolute Gasteiger partial charge is 0.303 e. The van der Waals surface area contributed by atoms with Crippen molar-refractivity contribution in [1.82, 2.24) is 4.98 Å². The maximum absolute atomic E-state index is 10.8. The summed E-state index contributed by atoms with van der Waals surface area (Å²) in [5, 5.41) is 9.94. The van der Waals surface area contributed by atoms with Gasteiger partial charge in [0.15, 0.2) is 0 Å². The molecule has 1 aromatic heterocycles. The van der Waals surface area contributed by atoms with Crippen LogP contribution in [-0.4, -0.2) is 21.8 Å². The number of hydrogen-bond acceptors (Lipinski definition) is 3. The second-order valence-corrected chi connectivity index (χ2v) is 6.83. The lowest BCUT2D eigenvalue weighted by Crippen LogP contribution is -2.11. The molecule has 0 aliphatic heterocycles. The first kappa shape index (κ1) is 14.9. The third-order valence-electron chi connectivity index (χ3n) is 3.29. The molecule has 3 nitrogen and oxygen atoms in total. The van der Waals surface area contributed by atoms with Gasteiger partial charge in [-0.3, -0.25) is 4.79 Å². The molecule has 19 heavy (non-hydrogen) atoms. The van der Waals surface area contributed by atoms with Gasteiger partial charge in [0, 0.05) is 22.0 Å². The van der Waals surface area contributed by atoms with Crippen molar-refractivity contribution in [2.24, 2.45) is 5.41 Å². The van der Waals surface area contributed by atoms with E-state index in [4.69, 9.17) is 28.3 Å². The molecule has 0 unspecified atom stereocenters. The third kappa shape index (κ3) is 4.01. The lowest BCUT2D eigenvalue weighted by molar-refractivity contribution is -0.138. The number of pyridine rings is 1. The molecule has 0 aromatic carbocycles. The van der Waals surface area contributed by atoms with Crippen molar-refractivity contribution in [1.29, 1.82) is 0 Å². The highest BCUT2D eigenvalue weighted by atomic mass is 35.5. The summed E-state index contributed by atoms with van der Waals surface area (Å²) >= 11 is 13.9. The molecule has 1 aliphatic carbocycles. The Bertz CT molecular complexity index is 480. The topological polar surface area (TPSA) is 50.2 Å². The quantitative estimate of drug-likeness (QED) is 0.799. The SMILES string of the molecule is Cc1cc(Cl)c(CSCC2(CC(=O)O)CC2)c(Cl)n1. The van der Waals surface area contributed by atoms with Gasteiger partial charge in [0.05, 0.1) is 6.42 Å². The molecule has 0 atom stereocenters. The lowest BCUT2D eigenvalue weighted by Gasteiger charge is -2.13. The predicted molar refractivity (Wildman–Crippen MR) is 79.1 cm³/mol. The van der Waals surface area contributed by atoms with E-state index in [1.807, 2.05) is 6.92 Å². The summed E-state index contributed by atoms with van der Waals surface area (Å²) in [7, 11) is 0. The minimum Gasteiger partial charge on any atom is -0.481 e. The van der Waals surface area contributed by atoms with Gasteiger partial charge >= 0.3 is 5.97 Å². The zero-order valence-electron chi connectivity index (χ0n) is 10.6. The van der Waals surface area contributed by atoms with Crippen LogP contribution in [0.15, 0.2) is 6.07 Å². The molecular weight excluding hydrogens is 305 g/mol. The van der Waals surface area contributed by atoms with Crippen LogP contribution in [0.5, 0.6) is 0 Å². The van der Waals surface area contributed by atoms with E-state index in [-0.39, 0.29) is 11.8 Å². The molecule has 1 aromatic rings. The summed E-state index contributed by atoms with van der Waals surface area (Å²) < 4.78 is 0. The molecule has 2 rings (SSSR count). The number of carboxylic acids is 1. The van der Waals surface area contributed by atoms with Gasteiger partial charge in [0.25, 0.3) is 0 Å². The maximum atomic E-state index is 10.8. The molecule has 1 N–H and O–H groups in total. The Morgan fingerprint density at radius 1 is 1.53 bits per heavy atom. The normalized spacial score (nSPS) is 16.4. The Morgan fingerprint density at radius 3 is 2.74 bits per heavy atom. The summed E-state index contributed by atoms with van der Waals surface area (Å²) in [4.78, 5) is 15.0. The van der Waals surface area contributed by atoms with Crippen LogP contribution >= 0.6 is 35.0 Å². The Morgan fingerprint density at radius 2 is 2.21 bits per heavy atom. The number of halogens is 2. The molecule has 1 fully saturated rings. The van der Waals surface area contributed by atoms with Gasteiger partial charge in [0.1, 0.15) is 5.15 Å². The zero-order chi connectivity index (χ0) is 14.0. The van der Waals surface area contributed by atoms with Gasteiger partial charge in [-0.25, -0.2) is 4.98 Å². The second kappa shape index (κ2) is 5.90. The summed E-state index contributed by atoms with van der Waals surface area (Å²) in [6.07, 6.45) is 2.26. The summed E-state index contributed by atoms with van der Waals surface area (Å²) in [5.74, 6) is 0.790. The minimum atomic E-state index is -0.717. The minimum absolute atomic E-state index is 0.00637. The van der Waals surface area contributed by atoms with E-state index in [1.165, 1.54) is 0 Å². The average Bonchev–Trinajstić information content (AvgIpc) is 3.01. The van der Waals surface area contributed by atoms with Gasteiger partial charge < -0.3 is 5.11 Å². The van der Waals surface area contributed by atoms with Gasteiger partial charge in [-0.15, -0.1) is 0 Å². The number of rotatable bonds is 6. The number of aromatic nitrogens is 1. The highest BCUT2D eigenvalue weighted by Crippen LogP contribution is 2.51. The van der Waals surface area contributed by atoms with Gasteiger partial charge in [-0.05, 0) is 37.0 Å². The number of aliphatic carboxylic acids is 1. The zero-order valence-corrected chi connectivity index (χ0v) is 12.9. The van der Waals surface area contributed by atoms with Crippen molar-refractivity contribution < 1.29 is 9.90 Å². The van der Waals surface area contributed by atoms with Crippen LogP contribution in [0.2, 0.25) is 10.2 Å². The average molecular weight is 320 g/mol. The van der Waals surface area contributed by atoms with Crippen molar-refractivity contribution in [2.45, 2.75) is 31.9 Å². The summed E-state index contributed by atoms with van der Waals surface area (Å²) in [6.45, 7) is 1.85. The Hall–Kier alpha value is -0.450. The Balaban J connectivity index is 1.92. The van der Waals surface area contributed by atoms with E-state index in [0.717, 1.165) is 29.9 Å². The number of carboxylic acid groups (broad SMARTS) is 1. The van der Waals surface area contributed by atoms with Crippen LogP contribution in [0.25, 0.3) is 0 Å². The number of carbonyl (C=O) groups is 1. The van der Waals surface area contributed by atoms with Gasteiger partial charge in [-0.2, -0.15) is 11.8 Å². The molecule has 0 spiro atoms.